The van der Waals surface area contributed by atoms with Gasteiger partial charge in [0.15, 0.2) is 0 Å². The van der Waals surface area contributed by atoms with Crippen LogP contribution in [0.1, 0.15) is 41.6 Å². The zero-order valence-corrected chi connectivity index (χ0v) is 11.9. The van der Waals surface area contributed by atoms with E-state index in [1.807, 2.05) is 24.3 Å². The minimum absolute atomic E-state index is 0.182. The molecule has 0 bridgehead atoms. The molecule has 0 aliphatic rings. The molecule has 0 radical (unpaired) electrons. The fourth-order valence-corrected chi connectivity index (χ4v) is 1.77. The van der Waals surface area contributed by atoms with E-state index in [-0.39, 0.29) is 12.4 Å². The van der Waals surface area contributed by atoms with Crippen molar-refractivity contribution in [1.82, 2.24) is 0 Å². The lowest BCUT2D eigenvalue weighted by Gasteiger charge is -2.07. The van der Waals surface area contributed by atoms with Crippen molar-refractivity contribution in [2.75, 3.05) is 7.11 Å². The molecule has 0 fully saturated rings. The lowest BCUT2D eigenvalue weighted by atomic mass is 10.0. The Kier molecular flexibility index (Phi) is 4.45. The molecule has 1 aromatic carbocycles. The fourth-order valence-electron chi connectivity index (χ4n) is 1.77. The molecule has 0 amide bonds. The maximum atomic E-state index is 11.2. The molecule has 0 atom stereocenters. The van der Waals surface area contributed by atoms with Gasteiger partial charge in [0, 0.05) is 0 Å². The first kappa shape index (κ1) is 14.2. The SMILES string of the molecule is COC(=O)c1ccc(COc2ccc(C(C)C)cc2)o1. The second-order valence-corrected chi connectivity index (χ2v) is 4.77. The van der Waals surface area contributed by atoms with Gasteiger partial charge in [-0.05, 0) is 35.7 Å². The van der Waals surface area contributed by atoms with E-state index < -0.39 is 5.97 Å². The third kappa shape index (κ3) is 3.41. The average Bonchev–Trinajstić information content (AvgIpc) is 2.93. The molecule has 2 aromatic rings. The van der Waals surface area contributed by atoms with Crippen molar-refractivity contribution >= 4 is 5.97 Å². The van der Waals surface area contributed by atoms with E-state index in [2.05, 4.69) is 18.6 Å². The van der Waals surface area contributed by atoms with E-state index in [0.29, 0.717) is 11.7 Å². The smallest absolute Gasteiger partial charge is 0.373 e. The molecule has 4 heteroatoms. The first-order chi connectivity index (χ1) is 9.60. The molecule has 0 saturated carbocycles. The molecule has 1 heterocycles. The minimum Gasteiger partial charge on any atom is -0.486 e. The Hall–Kier alpha value is -2.23. The molecule has 1 aromatic heterocycles. The number of ether oxygens (including phenoxy) is 2. The van der Waals surface area contributed by atoms with Gasteiger partial charge in [0.2, 0.25) is 5.76 Å². The van der Waals surface area contributed by atoms with Crippen LogP contribution in [0.2, 0.25) is 0 Å². The van der Waals surface area contributed by atoms with Crippen LogP contribution in [0.5, 0.6) is 5.75 Å². The zero-order chi connectivity index (χ0) is 14.5. The van der Waals surface area contributed by atoms with Gasteiger partial charge >= 0.3 is 5.97 Å². The van der Waals surface area contributed by atoms with Crippen LogP contribution in [0.25, 0.3) is 0 Å². The first-order valence-electron chi connectivity index (χ1n) is 6.50. The molecular weight excluding hydrogens is 256 g/mol. The predicted molar refractivity (Wildman–Crippen MR) is 74.9 cm³/mol. The van der Waals surface area contributed by atoms with E-state index in [9.17, 15) is 4.79 Å². The molecule has 0 aliphatic heterocycles. The summed E-state index contributed by atoms with van der Waals surface area (Å²) in [5.41, 5.74) is 1.27. The number of esters is 1. The quantitative estimate of drug-likeness (QED) is 0.779. The number of rotatable bonds is 5. The maximum Gasteiger partial charge on any atom is 0.373 e. The van der Waals surface area contributed by atoms with Crippen molar-refractivity contribution in [2.24, 2.45) is 0 Å². The lowest BCUT2D eigenvalue weighted by Crippen LogP contribution is -1.99. The summed E-state index contributed by atoms with van der Waals surface area (Å²) in [4.78, 5) is 11.2. The summed E-state index contributed by atoms with van der Waals surface area (Å²) in [5.74, 6) is 1.54. The first-order valence-corrected chi connectivity index (χ1v) is 6.50. The monoisotopic (exact) mass is 274 g/mol. The number of methoxy groups -OCH3 is 1. The Bertz CT molecular complexity index is 566. The highest BCUT2D eigenvalue weighted by Crippen LogP contribution is 2.20. The molecule has 0 N–H and O–H groups in total. The Labute approximate surface area is 118 Å². The molecule has 106 valence electrons. The predicted octanol–water partition coefficient (Wildman–Crippen LogP) is 3.77. The van der Waals surface area contributed by atoms with Gasteiger partial charge in [-0.15, -0.1) is 0 Å². The van der Waals surface area contributed by atoms with Crippen molar-refractivity contribution < 1.29 is 18.7 Å². The molecule has 0 spiro atoms. The van der Waals surface area contributed by atoms with Gasteiger partial charge in [-0.2, -0.15) is 0 Å². The summed E-state index contributed by atoms with van der Waals surface area (Å²) in [7, 11) is 1.32. The van der Waals surface area contributed by atoms with Gasteiger partial charge in [0.1, 0.15) is 18.1 Å². The second-order valence-electron chi connectivity index (χ2n) is 4.77. The van der Waals surface area contributed by atoms with Gasteiger partial charge in [0.05, 0.1) is 7.11 Å². The number of hydrogen-bond donors (Lipinski definition) is 0. The fraction of sp³-hybridized carbons (Fsp3) is 0.312. The Balaban J connectivity index is 1.94. The molecule has 4 nitrogen and oxygen atoms in total. The highest BCUT2D eigenvalue weighted by Gasteiger charge is 2.11. The largest absolute Gasteiger partial charge is 0.486 e. The number of carbonyl (C=O) groups excluding carboxylic acids is 1. The maximum absolute atomic E-state index is 11.2. The second kappa shape index (κ2) is 6.28. The summed E-state index contributed by atoms with van der Waals surface area (Å²) in [5, 5.41) is 0. The van der Waals surface area contributed by atoms with E-state index in [0.717, 1.165) is 5.75 Å². The topological polar surface area (TPSA) is 48.7 Å². The van der Waals surface area contributed by atoms with Crippen LogP contribution >= 0.6 is 0 Å². The van der Waals surface area contributed by atoms with Crippen molar-refractivity contribution in [3.05, 3.63) is 53.5 Å². The normalized spacial score (nSPS) is 10.6. The summed E-state index contributed by atoms with van der Waals surface area (Å²) < 4.78 is 15.5. The van der Waals surface area contributed by atoms with Crippen LogP contribution in [0.15, 0.2) is 40.8 Å². The average molecular weight is 274 g/mol. The van der Waals surface area contributed by atoms with Gasteiger partial charge in [-0.3, -0.25) is 0 Å². The lowest BCUT2D eigenvalue weighted by molar-refractivity contribution is 0.0561. The van der Waals surface area contributed by atoms with Crippen LogP contribution in [0, 0.1) is 0 Å². The summed E-state index contributed by atoms with van der Waals surface area (Å²) in [6.45, 7) is 4.57. The van der Waals surface area contributed by atoms with Crippen molar-refractivity contribution in [2.45, 2.75) is 26.4 Å². The van der Waals surface area contributed by atoms with Crippen molar-refractivity contribution in [1.29, 1.82) is 0 Å². The van der Waals surface area contributed by atoms with Crippen LogP contribution in [0.4, 0.5) is 0 Å². The number of carbonyl (C=O) groups is 1. The van der Waals surface area contributed by atoms with Gasteiger partial charge in [-0.25, -0.2) is 4.79 Å². The summed E-state index contributed by atoms with van der Waals surface area (Å²) >= 11 is 0. The third-order valence-corrected chi connectivity index (χ3v) is 2.98. The number of benzene rings is 1. The van der Waals surface area contributed by atoms with E-state index >= 15 is 0 Å². The van der Waals surface area contributed by atoms with E-state index in [1.54, 1.807) is 12.1 Å². The van der Waals surface area contributed by atoms with Crippen LogP contribution in [0.3, 0.4) is 0 Å². The number of furan rings is 1. The zero-order valence-electron chi connectivity index (χ0n) is 11.9. The highest BCUT2D eigenvalue weighted by molar-refractivity contribution is 5.86. The minimum atomic E-state index is -0.488. The van der Waals surface area contributed by atoms with Gasteiger partial charge in [-0.1, -0.05) is 26.0 Å². The summed E-state index contributed by atoms with van der Waals surface area (Å²) in [6.07, 6.45) is 0. The van der Waals surface area contributed by atoms with Crippen molar-refractivity contribution in [3.63, 3.8) is 0 Å². The van der Waals surface area contributed by atoms with E-state index in [4.69, 9.17) is 9.15 Å². The molecule has 0 unspecified atom stereocenters. The van der Waals surface area contributed by atoms with Gasteiger partial charge < -0.3 is 13.9 Å². The van der Waals surface area contributed by atoms with Crippen LogP contribution in [-0.2, 0) is 11.3 Å². The molecule has 0 aliphatic carbocycles. The Morgan fingerprint density at radius 3 is 2.45 bits per heavy atom. The summed E-state index contributed by atoms with van der Waals surface area (Å²) in [6, 6.07) is 11.2. The van der Waals surface area contributed by atoms with Gasteiger partial charge in [0.25, 0.3) is 0 Å². The highest BCUT2D eigenvalue weighted by atomic mass is 16.5. The molecule has 20 heavy (non-hydrogen) atoms. The third-order valence-electron chi connectivity index (χ3n) is 2.98. The number of hydrogen-bond acceptors (Lipinski definition) is 4. The Morgan fingerprint density at radius 1 is 1.15 bits per heavy atom. The van der Waals surface area contributed by atoms with Crippen molar-refractivity contribution in [3.8, 4) is 5.75 Å². The van der Waals surface area contributed by atoms with Crippen LogP contribution < -0.4 is 4.74 Å². The Morgan fingerprint density at radius 2 is 1.85 bits per heavy atom. The van der Waals surface area contributed by atoms with E-state index in [1.165, 1.54) is 12.7 Å². The molecule has 2 rings (SSSR count). The van der Waals surface area contributed by atoms with Crippen LogP contribution in [-0.4, -0.2) is 13.1 Å². The molecule has 0 saturated heterocycles. The molecular formula is C16H18O4. The standard InChI is InChI=1S/C16H18O4/c1-11(2)12-4-6-13(7-5-12)19-10-14-8-9-15(20-14)16(17)18-3/h4-9,11H,10H2,1-3H3.